The molecule has 1 heterocycles. The van der Waals surface area contributed by atoms with Crippen molar-refractivity contribution >= 4 is 23.3 Å². The van der Waals surface area contributed by atoms with E-state index < -0.39 is 5.91 Å². The van der Waals surface area contributed by atoms with Crippen LogP contribution in [0.25, 0.3) is 0 Å². The molecule has 1 fully saturated rings. The predicted octanol–water partition coefficient (Wildman–Crippen LogP) is -0.299. The lowest BCUT2D eigenvalue weighted by molar-refractivity contribution is -0.122. The molecule has 102 valence electrons. The molecule has 0 spiro atoms. The number of aromatic nitrogens is 1. The third-order valence-corrected chi connectivity index (χ3v) is 2.84. The molecule has 0 unspecified atom stereocenters. The van der Waals surface area contributed by atoms with Crippen LogP contribution in [0.4, 0.5) is 11.5 Å². The first-order valence-corrected chi connectivity index (χ1v) is 6.15. The lowest BCUT2D eigenvalue weighted by atomic mass is 10.2. The van der Waals surface area contributed by atoms with E-state index in [-0.39, 0.29) is 17.4 Å². The Morgan fingerprint density at radius 3 is 2.74 bits per heavy atom. The van der Waals surface area contributed by atoms with Crippen LogP contribution in [0.2, 0.25) is 0 Å². The lowest BCUT2D eigenvalue weighted by Gasteiger charge is -2.10. The molecule has 1 aliphatic carbocycles. The third kappa shape index (κ3) is 3.57. The Bertz CT molecular complexity index is 499. The number of primary amides is 1. The first kappa shape index (κ1) is 13.1. The molecule has 0 radical (unpaired) electrons. The van der Waals surface area contributed by atoms with Gasteiger partial charge in [-0.3, -0.25) is 9.59 Å². The third-order valence-electron chi connectivity index (χ3n) is 2.84. The van der Waals surface area contributed by atoms with Crippen molar-refractivity contribution in [2.45, 2.75) is 12.8 Å². The predicted molar refractivity (Wildman–Crippen MR) is 71.4 cm³/mol. The highest BCUT2D eigenvalue weighted by molar-refractivity contribution is 5.98. The number of anilines is 2. The topological polar surface area (TPSA) is 123 Å². The van der Waals surface area contributed by atoms with Gasteiger partial charge in [0, 0.05) is 19.0 Å². The van der Waals surface area contributed by atoms with Crippen LogP contribution >= 0.6 is 0 Å². The Labute approximate surface area is 110 Å². The minimum absolute atomic E-state index is 0.0854. The lowest BCUT2D eigenvalue weighted by Crippen LogP contribution is -2.30. The molecule has 0 aromatic carbocycles. The number of nitrogens with one attached hydrogen (secondary N) is 2. The molecule has 0 atom stereocenters. The molecule has 1 aliphatic rings. The van der Waals surface area contributed by atoms with E-state index in [1.165, 1.54) is 12.3 Å². The van der Waals surface area contributed by atoms with Crippen LogP contribution < -0.4 is 22.1 Å². The van der Waals surface area contributed by atoms with E-state index in [4.69, 9.17) is 11.5 Å². The minimum atomic E-state index is -0.593. The van der Waals surface area contributed by atoms with Crippen LogP contribution in [0.15, 0.2) is 12.3 Å². The molecule has 2 rings (SSSR count). The summed E-state index contributed by atoms with van der Waals surface area (Å²) in [5.41, 5.74) is 11.4. The van der Waals surface area contributed by atoms with Gasteiger partial charge in [-0.2, -0.15) is 0 Å². The summed E-state index contributed by atoms with van der Waals surface area (Å²) in [7, 11) is 0. The number of pyridine rings is 1. The van der Waals surface area contributed by atoms with Crippen molar-refractivity contribution in [2.75, 3.05) is 24.1 Å². The first-order chi connectivity index (χ1) is 9.08. The summed E-state index contributed by atoms with van der Waals surface area (Å²) in [6, 6.07) is 1.47. The average Bonchev–Trinajstić information content (AvgIpc) is 3.19. The van der Waals surface area contributed by atoms with Crippen molar-refractivity contribution in [1.82, 2.24) is 10.3 Å². The number of hydrogen-bond acceptors (Lipinski definition) is 5. The van der Waals surface area contributed by atoms with Gasteiger partial charge in [-0.25, -0.2) is 4.98 Å². The molecule has 0 saturated heterocycles. The Hall–Kier alpha value is -2.31. The van der Waals surface area contributed by atoms with Crippen LogP contribution in [0.3, 0.4) is 0 Å². The van der Waals surface area contributed by atoms with Crippen molar-refractivity contribution in [3.8, 4) is 0 Å². The maximum atomic E-state index is 11.4. The van der Waals surface area contributed by atoms with Gasteiger partial charge in [0.15, 0.2) is 0 Å². The zero-order valence-corrected chi connectivity index (χ0v) is 10.5. The van der Waals surface area contributed by atoms with Gasteiger partial charge in [0.05, 0.1) is 17.4 Å². The second-order valence-corrected chi connectivity index (χ2v) is 4.52. The summed E-state index contributed by atoms with van der Waals surface area (Å²) in [6.07, 6.45) is 3.40. The summed E-state index contributed by atoms with van der Waals surface area (Å²) in [5.74, 6) is 0.0599. The Morgan fingerprint density at radius 1 is 1.37 bits per heavy atom. The molecular weight excluding hydrogens is 246 g/mol. The Morgan fingerprint density at radius 2 is 2.11 bits per heavy atom. The van der Waals surface area contributed by atoms with Crippen molar-refractivity contribution in [3.63, 3.8) is 0 Å². The van der Waals surface area contributed by atoms with Crippen LogP contribution in [-0.4, -0.2) is 29.9 Å². The van der Waals surface area contributed by atoms with E-state index in [1.807, 2.05) is 0 Å². The normalized spacial score (nSPS) is 13.9. The van der Waals surface area contributed by atoms with Crippen molar-refractivity contribution in [2.24, 2.45) is 11.7 Å². The molecule has 1 saturated carbocycles. The van der Waals surface area contributed by atoms with Crippen molar-refractivity contribution < 1.29 is 9.59 Å². The number of hydrogen-bond donors (Lipinski definition) is 4. The monoisotopic (exact) mass is 263 g/mol. The zero-order chi connectivity index (χ0) is 13.8. The number of nitrogens with two attached hydrogens (primary N) is 2. The van der Waals surface area contributed by atoms with Gasteiger partial charge in [0.25, 0.3) is 5.91 Å². The van der Waals surface area contributed by atoms with E-state index in [9.17, 15) is 9.59 Å². The number of nitrogens with zero attached hydrogens (tertiary/aromatic N) is 1. The highest BCUT2D eigenvalue weighted by atomic mass is 16.2. The van der Waals surface area contributed by atoms with Crippen molar-refractivity contribution in [1.29, 1.82) is 0 Å². The standard InChI is InChI=1S/C12H17N5O2/c13-8-5-9(10(14)18)11(17-6-8)15-3-4-16-12(19)7-1-2-7/h5-7H,1-4,13H2,(H2,14,18)(H,15,17)(H,16,19). The van der Waals surface area contributed by atoms with Gasteiger partial charge in [-0.1, -0.05) is 0 Å². The second-order valence-electron chi connectivity index (χ2n) is 4.52. The fourth-order valence-corrected chi connectivity index (χ4v) is 1.67. The Balaban J connectivity index is 1.84. The minimum Gasteiger partial charge on any atom is -0.397 e. The van der Waals surface area contributed by atoms with E-state index in [1.54, 1.807) is 0 Å². The second kappa shape index (κ2) is 5.55. The zero-order valence-electron chi connectivity index (χ0n) is 10.5. The average molecular weight is 263 g/mol. The smallest absolute Gasteiger partial charge is 0.252 e. The van der Waals surface area contributed by atoms with E-state index in [2.05, 4.69) is 15.6 Å². The summed E-state index contributed by atoms with van der Waals surface area (Å²) < 4.78 is 0. The maximum Gasteiger partial charge on any atom is 0.252 e. The largest absolute Gasteiger partial charge is 0.397 e. The summed E-state index contributed by atoms with van der Waals surface area (Å²) in [4.78, 5) is 26.6. The maximum absolute atomic E-state index is 11.4. The number of carbonyl (C=O) groups is 2. The first-order valence-electron chi connectivity index (χ1n) is 6.15. The van der Waals surface area contributed by atoms with E-state index >= 15 is 0 Å². The van der Waals surface area contributed by atoms with Gasteiger partial charge >= 0.3 is 0 Å². The van der Waals surface area contributed by atoms with Crippen LogP contribution in [-0.2, 0) is 4.79 Å². The highest BCUT2D eigenvalue weighted by Crippen LogP contribution is 2.28. The van der Waals surface area contributed by atoms with Crippen LogP contribution in [0, 0.1) is 5.92 Å². The van der Waals surface area contributed by atoms with Crippen LogP contribution in [0.5, 0.6) is 0 Å². The summed E-state index contributed by atoms with van der Waals surface area (Å²) in [6.45, 7) is 0.940. The van der Waals surface area contributed by atoms with Gasteiger partial charge in [-0.05, 0) is 18.9 Å². The van der Waals surface area contributed by atoms with E-state index in [0.717, 1.165) is 12.8 Å². The molecule has 19 heavy (non-hydrogen) atoms. The molecule has 2 amide bonds. The summed E-state index contributed by atoms with van der Waals surface area (Å²) in [5, 5.41) is 5.76. The fraction of sp³-hybridized carbons (Fsp3) is 0.417. The molecule has 1 aromatic heterocycles. The van der Waals surface area contributed by atoms with Gasteiger partial charge in [0.2, 0.25) is 5.91 Å². The highest BCUT2D eigenvalue weighted by Gasteiger charge is 2.28. The Kier molecular flexibility index (Phi) is 3.84. The molecule has 7 heteroatoms. The quantitative estimate of drug-likeness (QED) is 0.525. The van der Waals surface area contributed by atoms with E-state index in [0.29, 0.717) is 24.6 Å². The SMILES string of the molecule is NC(=O)c1cc(N)cnc1NCCNC(=O)C1CC1. The number of nitrogen functional groups attached to an aromatic ring is 1. The van der Waals surface area contributed by atoms with Gasteiger partial charge < -0.3 is 22.1 Å². The van der Waals surface area contributed by atoms with Crippen molar-refractivity contribution in [3.05, 3.63) is 17.8 Å². The molecule has 7 nitrogen and oxygen atoms in total. The number of rotatable bonds is 6. The van der Waals surface area contributed by atoms with Gasteiger partial charge in [0.1, 0.15) is 5.82 Å². The molecule has 0 aliphatic heterocycles. The number of carbonyl (C=O) groups excluding carboxylic acids is 2. The molecule has 1 aromatic rings. The summed E-state index contributed by atoms with van der Waals surface area (Å²) >= 11 is 0. The molecule has 6 N–H and O–H groups in total. The molecule has 0 bridgehead atoms. The fourth-order valence-electron chi connectivity index (χ4n) is 1.67. The van der Waals surface area contributed by atoms with Crippen LogP contribution in [0.1, 0.15) is 23.2 Å². The van der Waals surface area contributed by atoms with Gasteiger partial charge in [-0.15, -0.1) is 0 Å². The number of amides is 2. The molecular formula is C12H17N5O2.